The van der Waals surface area contributed by atoms with Crippen LogP contribution in [-0.2, 0) is 6.54 Å². The minimum absolute atomic E-state index is 0.167. The molecule has 0 aromatic carbocycles. The molecule has 0 atom stereocenters. The fraction of sp³-hybridized carbons (Fsp3) is 0.667. The largest absolute Gasteiger partial charge is 0.492 e. The highest BCUT2D eigenvalue weighted by Crippen LogP contribution is 2.25. The lowest BCUT2D eigenvalue weighted by Crippen LogP contribution is -2.04. The van der Waals surface area contributed by atoms with Gasteiger partial charge in [0, 0.05) is 17.8 Å². The molecule has 0 bridgehead atoms. The fourth-order valence-corrected chi connectivity index (χ4v) is 1.52. The first kappa shape index (κ1) is 9.10. The first-order valence-electron chi connectivity index (χ1n) is 4.34. The Kier molecular flexibility index (Phi) is 2.40. The molecular weight excluding hydrogens is 152 g/mol. The highest BCUT2D eigenvalue weighted by Gasteiger charge is 2.14. The number of hydrogen-bond acceptors (Lipinski definition) is 2. The summed E-state index contributed by atoms with van der Waals surface area (Å²) < 4.78 is 1.86. The molecule has 0 amide bonds. The van der Waals surface area contributed by atoms with Gasteiger partial charge in [-0.2, -0.15) is 0 Å². The van der Waals surface area contributed by atoms with Crippen molar-refractivity contribution in [2.24, 2.45) is 0 Å². The molecule has 3 nitrogen and oxygen atoms in total. The molecule has 1 N–H and O–H groups in total. The molecule has 0 aliphatic heterocycles. The maximum absolute atomic E-state index is 9.37. The van der Waals surface area contributed by atoms with Crippen LogP contribution in [0.3, 0.4) is 0 Å². The smallest absolute Gasteiger partial charge is 0.233 e. The van der Waals surface area contributed by atoms with E-state index in [0.717, 1.165) is 17.8 Å². The van der Waals surface area contributed by atoms with Crippen molar-refractivity contribution in [2.45, 2.75) is 40.2 Å². The standard InChI is InChI=1S/C9H16N2O/c1-5-11-8(6(2)3)7(4)9(12)10-11/h6H,5H2,1-4H3,(H,10,12). The first-order valence-corrected chi connectivity index (χ1v) is 4.34. The molecule has 1 rings (SSSR count). The molecule has 0 unspecified atom stereocenters. The molecule has 0 aliphatic rings. The second kappa shape index (κ2) is 3.17. The van der Waals surface area contributed by atoms with E-state index < -0.39 is 0 Å². The van der Waals surface area contributed by atoms with Crippen LogP contribution >= 0.6 is 0 Å². The summed E-state index contributed by atoms with van der Waals surface area (Å²) in [7, 11) is 0. The number of hydrogen-bond donors (Lipinski definition) is 1. The number of nitrogens with zero attached hydrogens (tertiary/aromatic N) is 2. The molecule has 1 heterocycles. The summed E-state index contributed by atoms with van der Waals surface area (Å²) in [5.41, 5.74) is 2.04. The van der Waals surface area contributed by atoms with Crippen molar-refractivity contribution >= 4 is 0 Å². The van der Waals surface area contributed by atoms with Crippen molar-refractivity contribution in [3.63, 3.8) is 0 Å². The molecule has 68 valence electrons. The Morgan fingerprint density at radius 1 is 1.50 bits per heavy atom. The van der Waals surface area contributed by atoms with Gasteiger partial charge < -0.3 is 5.11 Å². The molecule has 3 heteroatoms. The Hall–Kier alpha value is -0.990. The van der Waals surface area contributed by atoms with Crippen LogP contribution in [0.1, 0.15) is 37.9 Å². The molecule has 1 aromatic rings. The van der Waals surface area contributed by atoms with Crippen LogP contribution in [0.25, 0.3) is 0 Å². The van der Waals surface area contributed by atoms with Crippen molar-refractivity contribution in [2.75, 3.05) is 0 Å². The van der Waals surface area contributed by atoms with Gasteiger partial charge in [0.1, 0.15) is 0 Å². The van der Waals surface area contributed by atoms with Gasteiger partial charge in [0.05, 0.1) is 0 Å². The van der Waals surface area contributed by atoms with Crippen molar-refractivity contribution in [1.82, 2.24) is 9.78 Å². The van der Waals surface area contributed by atoms with Gasteiger partial charge >= 0.3 is 0 Å². The van der Waals surface area contributed by atoms with Crippen LogP contribution in [0.15, 0.2) is 0 Å². The molecule has 0 aliphatic carbocycles. The molecule has 0 spiro atoms. The summed E-state index contributed by atoms with van der Waals surface area (Å²) in [5.74, 6) is 0.582. The molecule has 12 heavy (non-hydrogen) atoms. The molecule has 0 saturated heterocycles. The molecule has 0 saturated carbocycles. The summed E-state index contributed by atoms with van der Waals surface area (Å²) >= 11 is 0. The van der Waals surface area contributed by atoms with Crippen LogP contribution in [0.4, 0.5) is 0 Å². The lowest BCUT2D eigenvalue weighted by atomic mass is 10.1. The summed E-state index contributed by atoms with van der Waals surface area (Å²) in [6, 6.07) is 0. The highest BCUT2D eigenvalue weighted by atomic mass is 16.3. The third-order valence-electron chi connectivity index (χ3n) is 2.06. The van der Waals surface area contributed by atoms with Gasteiger partial charge in [-0.15, -0.1) is 5.10 Å². The average Bonchev–Trinajstić information content (AvgIpc) is 2.28. The van der Waals surface area contributed by atoms with E-state index in [1.807, 2.05) is 18.5 Å². The summed E-state index contributed by atoms with van der Waals surface area (Å²) in [4.78, 5) is 0. The minimum Gasteiger partial charge on any atom is -0.492 e. The Labute approximate surface area is 73.0 Å². The van der Waals surface area contributed by atoms with E-state index >= 15 is 0 Å². The Balaban J connectivity index is 3.21. The summed E-state index contributed by atoms with van der Waals surface area (Å²) in [6.45, 7) is 8.96. The third-order valence-corrected chi connectivity index (χ3v) is 2.06. The topological polar surface area (TPSA) is 38.0 Å². The Morgan fingerprint density at radius 3 is 2.42 bits per heavy atom. The SMILES string of the molecule is CCn1nc(O)c(C)c1C(C)C. The lowest BCUT2D eigenvalue weighted by Gasteiger charge is -2.08. The van der Waals surface area contributed by atoms with Gasteiger partial charge in [-0.1, -0.05) is 13.8 Å². The van der Waals surface area contributed by atoms with Crippen molar-refractivity contribution in [3.8, 4) is 5.88 Å². The lowest BCUT2D eigenvalue weighted by molar-refractivity contribution is 0.436. The molecule has 1 aromatic heterocycles. The van der Waals surface area contributed by atoms with E-state index in [1.54, 1.807) is 0 Å². The van der Waals surface area contributed by atoms with E-state index in [2.05, 4.69) is 18.9 Å². The Morgan fingerprint density at radius 2 is 2.08 bits per heavy atom. The fourth-order valence-electron chi connectivity index (χ4n) is 1.52. The second-order valence-corrected chi connectivity index (χ2v) is 3.30. The third kappa shape index (κ3) is 1.31. The predicted molar refractivity (Wildman–Crippen MR) is 48.4 cm³/mol. The van der Waals surface area contributed by atoms with Gasteiger partial charge in [-0.3, -0.25) is 4.68 Å². The molecule has 0 radical (unpaired) electrons. The summed E-state index contributed by atoms with van der Waals surface area (Å²) in [5, 5.41) is 13.4. The van der Waals surface area contributed by atoms with Gasteiger partial charge in [-0.05, 0) is 19.8 Å². The van der Waals surface area contributed by atoms with Gasteiger partial charge in [0.2, 0.25) is 5.88 Å². The maximum atomic E-state index is 9.37. The molecular formula is C9H16N2O. The number of aromatic nitrogens is 2. The monoisotopic (exact) mass is 168 g/mol. The zero-order valence-corrected chi connectivity index (χ0v) is 8.13. The number of rotatable bonds is 2. The minimum atomic E-state index is 0.167. The van der Waals surface area contributed by atoms with Gasteiger partial charge in [-0.25, -0.2) is 0 Å². The van der Waals surface area contributed by atoms with Gasteiger partial charge in [0.25, 0.3) is 0 Å². The zero-order valence-electron chi connectivity index (χ0n) is 8.13. The van der Waals surface area contributed by atoms with Crippen molar-refractivity contribution in [1.29, 1.82) is 0 Å². The number of aryl methyl sites for hydroxylation is 1. The van der Waals surface area contributed by atoms with Crippen LogP contribution in [0.2, 0.25) is 0 Å². The van der Waals surface area contributed by atoms with E-state index in [-0.39, 0.29) is 5.88 Å². The quantitative estimate of drug-likeness (QED) is 0.733. The maximum Gasteiger partial charge on any atom is 0.233 e. The van der Waals surface area contributed by atoms with Crippen molar-refractivity contribution < 1.29 is 5.11 Å². The number of aromatic hydroxyl groups is 1. The normalized spacial score (nSPS) is 11.1. The van der Waals surface area contributed by atoms with Crippen LogP contribution in [-0.4, -0.2) is 14.9 Å². The second-order valence-electron chi connectivity index (χ2n) is 3.30. The zero-order chi connectivity index (χ0) is 9.30. The van der Waals surface area contributed by atoms with Crippen LogP contribution in [0.5, 0.6) is 5.88 Å². The van der Waals surface area contributed by atoms with E-state index in [4.69, 9.17) is 0 Å². The van der Waals surface area contributed by atoms with Gasteiger partial charge in [0.15, 0.2) is 0 Å². The van der Waals surface area contributed by atoms with Crippen LogP contribution < -0.4 is 0 Å². The van der Waals surface area contributed by atoms with Crippen LogP contribution in [0, 0.1) is 6.92 Å². The van der Waals surface area contributed by atoms with E-state index in [0.29, 0.717) is 5.92 Å². The van der Waals surface area contributed by atoms with E-state index in [1.165, 1.54) is 0 Å². The molecule has 0 fully saturated rings. The summed E-state index contributed by atoms with van der Waals surface area (Å²) in [6.07, 6.45) is 0. The van der Waals surface area contributed by atoms with Crippen molar-refractivity contribution in [3.05, 3.63) is 11.3 Å². The first-order chi connectivity index (χ1) is 5.57. The Bertz CT molecular complexity index is 276. The predicted octanol–water partition coefficient (Wildman–Crippen LogP) is 2.04. The average molecular weight is 168 g/mol. The highest BCUT2D eigenvalue weighted by molar-refractivity contribution is 5.30. The van der Waals surface area contributed by atoms with E-state index in [9.17, 15) is 5.11 Å².